The first-order chi connectivity index (χ1) is 11.5. The number of piperidine rings is 1. The van der Waals surface area contributed by atoms with Gasteiger partial charge in [-0.15, -0.1) is 12.4 Å². The predicted molar refractivity (Wildman–Crippen MR) is 101 cm³/mol. The van der Waals surface area contributed by atoms with Crippen LogP contribution in [0, 0.1) is 12.8 Å². The van der Waals surface area contributed by atoms with Crippen molar-refractivity contribution in [3.8, 4) is 0 Å². The molecule has 0 radical (unpaired) electrons. The normalized spacial score (nSPS) is 14.7. The summed E-state index contributed by atoms with van der Waals surface area (Å²) >= 11 is 0. The highest BCUT2D eigenvalue weighted by Crippen LogP contribution is 2.21. The van der Waals surface area contributed by atoms with Crippen LogP contribution in [0.25, 0.3) is 0 Å². The van der Waals surface area contributed by atoms with Gasteiger partial charge in [0.1, 0.15) is 0 Å². The maximum absolute atomic E-state index is 12.6. The number of amides is 2. The van der Waals surface area contributed by atoms with E-state index in [1.54, 1.807) is 19.2 Å². The number of carbonyl (C=O) groups excluding carboxylic acids is 2. The number of nitrogens with two attached hydrogens (primary N) is 1. The summed E-state index contributed by atoms with van der Waals surface area (Å²) in [4.78, 5) is 26.6. The van der Waals surface area contributed by atoms with Crippen LogP contribution in [0.4, 0.5) is 5.69 Å². The molecule has 1 aliphatic heterocycles. The largest absolute Gasteiger partial charge is 0.399 e. The Morgan fingerprint density at radius 3 is 2.64 bits per heavy atom. The molecule has 7 heteroatoms. The monoisotopic (exact) mass is 369 g/mol. The van der Waals surface area contributed by atoms with E-state index in [1.807, 2.05) is 17.9 Å². The summed E-state index contributed by atoms with van der Waals surface area (Å²) in [5.41, 5.74) is 7.96. The molecule has 140 valence electrons. The van der Waals surface area contributed by atoms with Crippen LogP contribution >= 0.6 is 12.4 Å². The Kier molecular flexibility index (Phi) is 8.72. The van der Waals surface area contributed by atoms with Crippen LogP contribution < -0.4 is 11.1 Å². The number of methoxy groups -OCH3 is 1. The van der Waals surface area contributed by atoms with Crippen molar-refractivity contribution in [3.63, 3.8) is 0 Å². The lowest BCUT2D eigenvalue weighted by molar-refractivity contribution is -0.126. The standard InChI is InChI=1S/C18H27N3O3.ClH/c1-13-4-5-15(19)12-16(13)18(23)21-9-6-14(7-10-21)17(22)20-8-3-11-24-2;/h4-5,12,14H,3,6-11,19H2,1-2H3,(H,20,22);1H. The molecule has 2 rings (SSSR count). The van der Waals surface area contributed by atoms with Gasteiger partial charge in [-0.1, -0.05) is 6.07 Å². The Balaban J connectivity index is 0.00000312. The first-order valence-corrected chi connectivity index (χ1v) is 8.45. The van der Waals surface area contributed by atoms with E-state index in [4.69, 9.17) is 10.5 Å². The lowest BCUT2D eigenvalue weighted by Crippen LogP contribution is -2.43. The van der Waals surface area contributed by atoms with Crippen molar-refractivity contribution in [2.45, 2.75) is 26.2 Å². The van der Waals surface area contributed by atoms with E-state index in [0.717, 1.165) is 12.0 Å². The van der Waals surface area contributed by atoms with Crippen LogP contribution in [0.1, 0.15) is 35.2 Å². The van der Waals surface area contributed by atoms with Gasteiger partial charge < -0.3 is 20.7 Å². The third-order valence-corrected chi connectivity index (χ3v) is 4.47. The van der Waals surface area contributed by atoms with Gasteiger partial charge in [-0.3, -0.25) is 9.59 Å². The fourth-order valence-electron chi connectivity index (χ4n) is 2.96. The Bertz CT molecular complexity index is 587. The van der Waals surface area contributed by atoms with Crippen LogP contribution in [-0.2, 0) is 9.53 Å². The summed E-state index contributed by atoms with van der Waals surface area (Å²) < 4.78 is 4.97. The Morgan fingerprint density at radius 1 is 1.32 bits per heavy atom. The van der Waals surface area contributed by atoms with Gasteiger partial charge >= 0.3 is 0 Å². The number of halogens is 1. The fraction of sp³-hybridized carbons (Fsp3) is 0.556. The molecule has 25 heavy (non-hydrogen) atoms. The van der Waals surface area contributed by atoms with Gasteiger partial charge in [0.05, 0.1) is 0 Å². The molecule has 0 bridgehead atoms. The Morgan fingerprint density at radius 2 is 2.00 bits per heavy atom. The highest BCUT2D eigenvalue weighted by molar-refractivity contribution is 5.96. The van der Waals surface area contributed by atoms with Crippen LogP contribution in [0.3, 0.4) is 0 Å². The summed E-state index contributed by atoms with van der Waals surface area (Å²) in [6.07, 6.45) is 2.21. The quantitative estimate of drug-likeness (QED) is 0.593. The average molecular weight is 370 g/mol. The average Bonchev–Trinajstić information content (AvgIpc) is 2.60. The van der Waals surface area contributed by atoms with E-state index in [1.165, 1.54) is 0 Å². The van der Waals surface area contributed by atoms with E-state index in [0.29, 0.717) is 50.3 Å². The van der Waals surface area contributed by atoms with Gasteiger partial charge in [0.15, 0.2) is 0 Å². The molecule has 2 amide bonds. The van der Waals surface area contributed by atoms with Gasteiger partial charge in [0.2, 0.25) is 5.91 Å². The second-order valence-electron chi connectivity index (χ2n) is 6.28. The van der Waals surface area contributed by atoms with Gasteiger partial charge in [0.25, 0.3) is 5.91 Å². The number of nitrogens with zero attached hydrogens (tertiary/aromatic N) is 1. The number of aryl methyl sites for hydroxylation is 1. The number of likely N-dealkylation sites (tertiary alicyclic amines) is 1. The van der Waals surface area contributed by atoms with E-state index in [9.17, 15) is 9.59 Å². The number of nitrogen functional groups attached to an aromatic ring is 1. The zero-order valence-electron chi connectivity index (χ0n) is 14.9. The number of rotatable bonds is 6. The summed E-state index contributed by atoms with van der Waals surface area (Å²) in [6, 6.07) is 5.39. The molecule has 0 aliphatic carbocycles. The van der Waals surface area contributed by atoms with Crippen molar-refractivity contribution in [1.82, 2.24) is 10.2 Å². The second kappa shape index (κ2) is 10.3. The molecule has 1 fully saturated rings. The summed E-state index contributed by atoms with van der Waals surface area (Å²) in [6.45, 7) is 4.39. The van der Waals surface area contributed by atoms with Crippen molar-refractivity contribution < 1.29 is 14.3 Å². The lowest BCUT2D eigenvalue weighted by atomic mass is 9.95. The third kappa shape index (κ3) is 5.90. The number of ether oxygens (including phenoxy) is 1. The highest BCUT2D eigenvalue weighted by atomic mass is 35.5. The van der Waals surface area contributed by atoms with E-state index < -0.39 is 0 Å². The van der Waals surface area contributed by atoms with Crippen LogP contribution in [0.2, 0.25) is 0 Å². The Hall–Kier alpha value is -1.79. The van der Waals surface area contributed by atoms with E-state index in [-0.39, 0.29) is 30.1 Å². The van der Waals surface area contributed by atoms with Crippen molar-refractivity contribution in [1.29, 1.82) is 0 Å². The number of anilines is 1. The van der Waals surface area contributed by atoms with Crippen LogP contribution in [0.5, 0.6) is 0 Å². The minimum Gasteiger partial charge on any atom is -0.399 e. The van der Waals surface area contributed by atoms with Gasteiger partial charge in [-0.2, -0.15) is 0 Å². The van der Waals surface area contributed by atoms with Crippen LogP contribution in [0.15, 0.2) is 18.2 Å². The Labute approximate surface area is 155 Å². The van der Waals surface area contributed by atoms with Gasteiger partial charge in [-0.05, 0) is 43.9 Å². The molecule has 0 atom stereocenters. The molecule has 1 aromatic carbocycles. The summed E-state index contributed by atoms with van der Waals surface area (Å²) in [5.74, 6) is 0.0654. The van der Waals surface area contributed by atoms with Crippen molar-refractivity contribution in [2.75, 3.05) is 39.1 Å². The predicted octanol–water partition coefficient (Wildman–Crippen LogP) is 2.00. The SMILES string of the molecule is COCCCNC(=O)C1CCN(C(=O)c2cc(N)ccc2C)CC1.Cl. The number of nitrogens with one attached hydrogen (secondary N) is 1. The van der Waals surface area contributed by atoms with E-state index >= 15 is 0 Å². The molecule has 6 nitrogen and oxygen atoms in total. The topological polar surface area (TPSA) is 84.7 Å². The minimum atomic E-state index is -0.0152. The van der Waals surface area contributed by atoms with Crippen LogP contribution in [-0.4, -0.2) is 50.1 Å². The summed E-state index contributed by atoms with van der Waals surface area (Å²) in [7, 11) is 1.65. The molecule has 1 heterocycles. The molecule has 3 N–H and O–H groups in total. The maximum Gasteiger partial charge on any atom is 0.254 e. The number of benzene rings is 1. The summed E-state index contributed by atoms with van der Waals surface area (Å²) in [5, 5.41) is 2.94. The zero-order valence-corrected chi connectivity index (χ0v) is 15.7. The number of hydrogen-bond acceptors (Lipinski definition) is 4. The molecule has 0 aromatic heterocycles. The van der Waals surface area contributed by atoms with Crippen molar-refractivity contribution in [2.24, 2.45) is 5.92 Å². The minimum absolute atomic E-state index is 0. The van der Waals surface area contributed by atoms with Crippen molar-refractivity contribution >= 4 is 29.9 Å². The molecular formula is C18H28ClN3O3. The molecular weight excluding hydrogens is 342 g/mol. The van der Waals surface area contributed by atoms with E-state index in [2.05, 4.69) is 5.32 Å². The second-order valence-corrected chi connectivity index (χ2v) is 6.28. The number of carbonyl (C=O) groups is 2. The molecule has 0 unspecified atom stereocenters. The molecule has 1 aliphatic rings. The van der Waals surface area contributed by atoms with Gasteiger partial charge in [0, 0.05) is 50.5 Å². The molecule has 1 aromatic rings. The molecule has 0 spiro atoms. The lowest BCUT2D eigenvalue weighted by Gasteiger charge is -2.31. The van der Waals surface area contributed by atoms with Gasteiger partial charge in [-0.25, -0.2) is 0 Å². The molecule has 0 saturated carbocycles. The first-order valence-electron chi connectivity index (χ1n) is 8.45. The first kappa shape index (κ1) is 21.3. The zero-order chi connectivity index (χ0) is 17.5. The van der Waals surface area contributed by atoms with Crippen molar-refractivity contribution in [3.05, 3.63) is 29.3 Å². The maximum atomic E-state index is 12.6. The highest BCUT2D eigenvalue weighted by Gasteiger charge is 2.28. The smallest absolute Gasteiger partial charge is 0.254 e. The molecule has 1 saturated heterocycles. The third-order valence-electron chi connectivity index (χ3n) is 4.47. The number of hydrogen-bond donors (Lipinski definition) is 2. The fourth-order valence-corrected chi connectivity index (χ4v) is 2.96.